The maximum absolute atomic E-state index is 10.8. The molecule has 0 aliphatic rings. The highest BCUT2D eigenvalue weighted by molar-refractivity contribution is 5.75. The van der Waals surface area contributed by atoms with E-state index >= 15 is 0 Å². The molecule has 0 bridgehead atoms. The molecule has 0 aliphatic heterocycles. The molecule has 0 radical (unpaired) electrons. The van der Waals surface area contributed by atoms with Crippen LogP contribution >= 0.6 is 0 Å². The zero-order valence-corrected chi connectivity index (χ0v) is 11.4. The molecule has 0 atom stereocenters. The molecule has 1 aromatic carbocycles. The Labute approximate surface area is 108 Å². The van der Waals surface area contributed by atoms with Gasteiger partial charge in [-0.2, -0.15) is 0 Å². The van der Waals surface area contributed by atoms with E-state index in [9.17, 15) is 9.90 Å². The smallest absolute Gasteiger partial charge is 0.150 e. The minimum absolute atomic E-state index is 0.543. The molecular formula is C14H21NO3. The molecule has 1 aromatic rings. The van der Waals surface area contributed by atoms with Crippen molar-refractivity contribution in [3.05, 3.63) is 29.3 Å². The molecule has 100 valence electrons. The third-order valence-corrected chi connectivity index (χ3v) is 2.54. The Balaban J connectivity index is 2.84. The van der Waals surface area contributed by atoms with Gasteiger partial charge in [0.15, 0.2) is 0 Å². The van der Waals surface area contributed by atoms with E-state index in [1.54, 1.807) is 33.1 Å². The van der Waals surface area contributed by atoms with Crippen molar-refractivity contribution < 1.29 is 14.6 Å². The minimum atomic E-state index is -0.746. The lowest BCUT2D eigenvalue weighted by atomic mass is 10.1. The SMILES string of the molecule is COc1ccc(C=O)cc1CN(C)CC(C)(C)O. The number of carbonyl (C=O) groups is 1. The fraction of sp³-hybridized carbons (Fsp3) is 0.500. The number of hydrogen-bond acceptors (Lipinski definition) is 4. The van der Waals surface area contributed by atoms with Crippen LogP contribution in [0.4, 0.5) is 0 Å². The maximum atomic E-state index is 10.8. The summed E-state index contributed by atoms with van der Waals surface area (Å²) in [4.78, 5) is 12.8. The summed E-state index contributed by atoms with van der Waals surface area (Å²) in [5, 5.41) is 9.76. The Hall–Kier alpha value is -1.39. The topological polar surface area (TPSA) is 49.8 Å². The van der Waals surface area contributed by atoms with E-state index < -0.39 is 5.60 Å². The highest BCUT2D eigenvalue weighted by Gasteiger charge is 2.16. The van der Waals surface area contributed by atoms with Gasteiger partial charge in [-0.1, -0.05) is 0 Å². The quantitative estimate of drug-likeness (QED) is 0.782. The van der Waals surface area contributed by atoms with Crippen LogP contribution in [0, 0.1) is 0 Å². The van der Waals surface area contributed by atoms with Gasteiger partial charge in [-0.25, -0.2) is 0 Å². The first-order valence-electron chi connectivity index (χ1n) is 5.89. The number of nitrogens with zero attached hydrogens (tertiary/aromatic N) is 1. The Morgan fingerprint density at radius 3 is 2.61 bits per heavy atom. The highest BCUT2D eigenvalue weighted by Crippen LogP contribution is 2.21. The Morgan fingerprint density at radius 1 is 1.44 bits per heavy atom. The normalized spacial score (nSPS) is 11.7. The molecule has 0 amide bonds. The standard InChI is InChI=1S/C14H21NO3/c1-14(2,17)10-15(3)8-12-7-11(9-16)5-6-13(12)18-4/h5-7,9,17H,8,10H2,1-4H3. The van der Waals surface area contributed by atoms with Gasteiger partial charge in [0, 0.05) is 24.2 Å². The Morgan fingerprint density at radius 2 is 2.11 bits per heavy atom. The van der Waals surface area contributed by atoms with Gasteiger partial charge < -0.3 is 9.84 Å². The van der Waals surface area contributed by atoms with Gasteiger partial charge >= 0.3 is 0 Å². The van der Waals surface area contributed by atoms with Gasteiger partial charge in [0.25, 0.3) is 0 Å². The molecule has 18 heavy (non-hydrogen) atoms. The lowest BCUT2D eigenvalue weighted by Crippen LogP contribution is -2.35. The van der Waals surface area contributed by atoms with Crippen LogP contribution in [0.15, 0.2) is 18.2 Å². The van der Waals surface area contributed by atoms with E-state index in [0.29, 0.717) is 18.7 Å². The number of carbonyl (C=O) groups excluding carboxylic acids is 1. The van der Waals surface area contributed by atoms with Crippen molar-refractivity contribution >= 4 is 6.29 Å². The molecule has 4 nitrogen and oxygen atoms in total. The third-order valence-electron chi connectivity index (χ3n) is 2.54. The van der Waals surface area contributed by atoms with Gasteiger partial charge in [0.05, 0.1) is 12.7 Å². The number of likely N-dealkylation sites (N-methyl/N-ethyl adjacent to an activating group) is 1. The van der Waals surface area contributed by atoms with Crippen LogP contribution < -0.4 is 4.74 Å². The summed E-state index contributed by atoms with van der Waals surface area (Å²) in [7, 11) is 3.53. The predicted molar refractivity (Wildman–Crippen MR) is 71.0 cm³/mol. The molecule has 4 heteroatoms. The van der Waals surface area contributed by atoms with Crippen molar-refractivity contribution in [2.75, 3.05) is 20.7 Å². The molecule has 0 unspecified atom stereocenters. The largest absolute Gasteiger partial charge is 0.496 e. The zero-order valence-electron chi connectivity index (χ0n) is 11.4. The average molecular weight is 251 g/mol. The number of benzene rings is 1. The fourth-order valence-electron chi connectivity index (χ4n) is 2.00. The summed E-state index contributed by atoms with van der Waals surface area (Å²) >= 11 is 0. The van der Waals surface area contributed by atoms with E-state index in [0.717, 1.165) is 17.6 Å². The van der Waals surface area contributed by atoms with E-state index in [1.807, 2.05) is 18.0 Å². The van der Waals surface area contributed by atoms with E-state index in [2.05, 4.69) is 0 Å². The van der Waals surface area contributed by atoms with Crippen LogP contribution in [0.5, 0.6) is 5.75 Å². The predicted octanol–water partition coefficient (Wildman–Crippen LogP) is 1.71. The van der Waals surface area contributed by atoms with Gasteiger partial charge in [-0.15, -0.1) is 0 Å². The summed E-state index contributed by atoms with van der Waals surface area (Å²) in [5.74, 6) is 0.753. The summed E-state index contributed by atoms with van der Waals surface area (Å²) in [6.07, 6.45) is 0.818. The number of hydrogen-bond donors (Lipinski definition) is 1. The number of methoxy groups -OCH3 is 1. The molecule has 0 aromatic heterocycles. The summed E-state index contributed by atoms with van der Waals surface area (Å²) in [6, 6.07) is 5.33. The molecule has 0 saturated carbocycles. The monoisotopic (exact) mass is 251 g/mol. The molecule has 0 spiro atoms. The second kappa shape index (κ2) is 5.98. The second-order valence-corrected chi connectivity index (χ2v) is 5.17. The van der Waals surface area contributed by atoms with E-state index in [4.69, 9.17) is 4.74 Å². The molecule has 0 saturated heterocycles. The van der Waals surface area contributed by atoms with Gasteiger partial charge in [-0.05, 0) is 39.1 Å². The first-order valence-corrected chi connectivity index (χ1v) is 5.89. The lowest BCUT2D eigenvalue weighted by molar-refractivity contribution is 0.0422. The van der Waals surface area contributed by atoms with Crippen LogP contribution in [-0.4, -0.2) is 42.6 Å². The number of aliphatic hydroxyl groups is 1. The summed E-state index contributed by atoms with van der Waals surface area (Å²) < 4.78 is 5.27. The number of rotatable bonds is 6. The molecule has 0 heterocycles. The Kier molecular flexibility index (Phi) is 4.87. The fourth-order valence-corrected chi connectivity index (χ4v) is 2.00. The first-order chi connectivity index (χ1) is 8.35. The second-order valence-electron chi connectivity index (χ2n) is 5.17. The van der Waals surface area contributed by atoms with Crippen LogP contribution in [0.1, 0.15) is 29.8 Å². The van der Waals surface area contributed by atoms with Crippen LogP contribution in [0.2, 0.25) is 0 Å². The summed E-state index contributed by atoms with van der Waals surface area (Å²) in [5.41, 5.74) is 0.820. The average Bonchev–Trinajstić information content (AvgIpc) is 2.26. The van der Waals surface area contributed by atoms with Gasteiger partial charge in [-0.3, -0.25) is 9.69 Å². The van der Waals surface area contributed by atoms with Crippen molar-refractivity contribution in [3.8, 4) is 5.75 Å². The summed E-state index contributed by atoms with van der Waals surface area (Å²) in [6.45, 7) is 4.70. The lowest BCUT2D eigenvalue weighted by Gasteiger charge is -2.26. The number of aldehydes is 1. The Bertz CT molecular complexity index is 410. The van der Waals surface area contributed by atoms with Crippen LogP contribution in [-0.2, 0) is 6.54 Å². The molecule has 0 fully saturated rings. The van der Waals surface area contributed by atoms with Crippen molar-refractivity contribution in [1.29, 1.82) is 0 Å². The van der Waals surface area contributed by atoms with Crippen molar-refractivity contribution in [1.82, 2.24) is 4.90 Å². The zero-order chi connectivity index (χ0) is 13.8. The maximum Gasteiger partial charge on any atom is 0.150 e. The van der Waals surface area contributed by atoms with Crippen LogP contribution in [0.3, 0.4) is 0 Å². The van der Waals surface area contributed by atoms with Crippen molar-refractivity contribution in [2.45, 2.75) is 26.0 Å². The highest BCUT2D eigenvalue weighted by atomic mass is 16.5. The molecule has 1 N–H and O–H groups in total. The first kappa shape index (κ1) is 14.7. The van der Waals surface area contributed by atoms with Crippen molar-refractivity contribution in [2.24, 2.45) is 0 Å². The minimum Gasteiger partial charge on any atom is -0.496 e. The molecule has 1 rings (SSSR count). The van der Waals surface area contributed by atoms with Crippen LogP contribution in [0.25, 0.3) is 0 Å². The van der Waals surface area contributed by atoms with Crippen molar-refractivity contribution in [3.63, 3.8) is 0 Å². The third kappa shape index (κ3) is 4.47. The van der Waals surface area contributed by atoms with Gasteiger partial charge in [0.2, 0.25) is 0 Å². The van der Waals surface area contributed by atoms with E-state index in [-0.39, 0.29) is 0 Å². The number of ether oxygens (including phenoxy) is 1. The molecular weight excluding hydrogens is 230 g/mol. The van der Waals surface area contributed by atoms with E-state index in [1.165, 1.54) is 0 Å². The van der Waals surface area contributed by atoms with Gasteiger partial charge in [0.1, 0.15) is 12.0 Å². The molecule has 0 aliphatic carbocycles.